The number of benzene rings is 2. The minimum atomic E-state index is 0.782. The largest absolute Gasteiger partial charge is 0.295 e. The highest BCUT2D eigenvalue weighted by Crippen LogP contribution is 2.38. The van der Waals surface area contributed by atoms with Crippen LogP contribution in [0.3, 0.4) is 0 Å². The number of nitrogens with one attached hydrogen (secondary N) is 1. The van der Waals surface area contributed by atoms with Gasteiger partial charge in [-0.2, -0.15) is 0 Å². The van der Waals surface area contributed by atoms with Crippen LogP contribution in [0.25, 0.3) is 17.7 Å². The van der Waals surface area contributed by atoms with Crippen molar-refractivity contribution in [1.82, 2.24) is 25.5 Å². The number of likely N-dealkylation sites (tertiary alicyclic amines) is 1. The number of tetrazole rings is 1. The van der Waals surface area contributed by atoms with Gasteiger partial charge in [0.25, 0.3) is 0 Å². The number of H-pyrrole nitrogens is 1. The predicted octanol–water partition coefficient (Wildman–Crippen LogP) is 3.78. The van der Waals surface area contributed by atoms with Gasteiger partial charge in [0.15, 0.2) is 5.82 Å². The molecule has 1 aromatic heterocycles. The van der Waals surface area contributed by atoms with E-state index < -0.39 is 0 Å². The van der Waals surface area contributed by atoms with Crippen LogP contribution >= 0.6 is 0 Å². The lowest BCUT2D eigenvalue weighted by Crippen LogP contribution is -2.31. The van der Waals surface area contributed by atoms with E-state index in [0.717, 1.165) is 38.3 Å². The third-order valence-electron chi connectivity index (χ3n) is 5.48. The summed E-state index contributed by atoms with van der Waals surface area (Å²) in [6.07, 6.45) is 6.63. The molecule has 0 spiro atoms. The monoisotopic (exact) mass is 355 g/mol. The molecule has 2 aliphatic rings. The van der Waals surface area contributed by atoms with Crippen LogP contribution in [0.5, 0.6) is 0 Å². The molecule has 2 aromatic carbocycles. The highest BCUT2D eigenvalue weighted by molar-refractivity contribution is 5.94. The zero-order valence-electron chi connectivity index (χ0n) is 15.1. The van der Waals surface area contributed by atoms with Crippen LogP contribution in [0.1, 0.15) is 40.9 Å². The molecule has 0 atom stereocenters. The molecule has 0 saturated carbocycles. The van der Waals surface area contributed by atoms with Crippen molar-refractivity contribution in [2.24, 2.45) is 0 Å². The quantitative estimate of drug-likeness (QED) is 0.594. The summed E-state index contributed by atoms with van der Waals surface area (Å²) in [6.45, 7) is 2.83. The van der Waals surface area contributed by atoms with Gasteiger partial charge in [-0.05, 0) is 51.1 Å². The fourth-order valence-corrected chi connectivity index (χ4v) is 4.13. The second-order valence-electron chi connectivity index (χ2n) is 7.11. The Labute approximate surface area is 158 Å². The number of hydrogen-bond acceptors (Lipinski definition) is 4. The van der Waals surface area contributed by atoms with Gasteiger partial charge in [-0.15, -0.1) is 5.10 Å². The molecular weight excluding hydrogens is 334 g/mol. The van der Waals surface area contributed by atoms with Crippen LogP contribution in [0.2, 0.25) is 0 Å². The Bertz CT molecular complexity index is 955. The van der Waals surface area contributed by atoms with Crippen molar-refractivity contribution in [3.05, 3.63) is 82.2 Å². The van der Waals surface area contributed by atoms with Crippen LogP contribution in [0.15, 0.2) is 54.1 Å². The molecule has 3 aromatic rings. The molecule has 134 valence electrons. The first-order chi connectivity index (χ1) is 13.4. The van der Waals surface area contributed by atoms with E-state index in [0.29, 0.717) is 0 Å². The zero-order chi connectivity index (χ0) is 18.1. The minimum Gasteiger partial charge on any atom is -0.295 e. The third-order valence-corrected chi connectivity index (χ3v) is 5.48. The molecule has 5 heteroatoms. The normalized spacial score (nSPS) is 16.7. The van der Waals surface area contributed by atoms with Crippen molar-refractivity contribution in [3.63, 3.8) is 0 Å². The van der Waals surface area contributed by atoms with E-state index in [-0.39, 0.29) is 0 Å². The van der Waals surface area contributed by atoms with Crippen molar-refractivity contribution in [1.29, 1.82) is 0 Å². The fraction of sp³-hybridized carbons (Fsp3) is 0.227. The second-order valence-corrected chi connectivity index (χ2v) is 7.11. The fourth-order valence-electron chi connectivity index (χ4n) is 4.13. The third kappa shape index (κ3) is 3.11. The van der Waals surface area contributed by atoms with Crippen molar-refractivity contribution >= 4 is 17.7 Å². The Morgan fingerprint density at radius 3 is 2.07 bits per heavy atom. The molecule has 2 heterocycles. The molecule has 27 heavy (non-hydrogen) atoms. The number of piperidine rings is 1. The average Bonchev–Trinajstić information content (AvgIpc) is 3.16. The van der Waals surface area contributed by atoms with Gasteiger partial charge in [-0.3, -0.25) is 4.90 Å². The Hall–Kier alpha value is -3.05. The summed E-state index contributed by atoms with van der Waals surface area (Å²) >= 11 is 0. The van der Waals surface area contributed by atoms with Crippen LogP contribution in [-0.2, 0) is 6.54 Å². The summed E-state index contributed by atoms with van der Waals surface area (Å²) in [5.41, 5.74) is 8.26. The maximum absolute atomic E-state index is 4.01. The molecule has 0 bridgehead atoms. The maximum Gasteiger partial charge on any atom is 0.162 e. The smallest absolute Gasteiger partial charge is 0.162 e. The van der Waals surface area contributed by atoms with Gasteiger partial charge in [-0.25, -0.2) is 5.10 Å². The molecule has 1 aliphatic carbocycles. The van der Waals surface area contributed by atoms with Crippen molar-refractivity contribution in [2.45, 2.75) is 19.4 Å². The maximum atomic E-state index is 4.01. The first-order valence-corrected chi connectivity index (χ1v) is 9.42. The highest BCUT2D eigenvalue weighted by Gasteiger charge is 2.22. The summed E-state index contributed by atoms with van der Waals surface area (Å²) in [7, 11) is 0. The summed E-state index contributed by atoms with van der Waals surface area (Å²) in [4.78, 5) is 2.42. The Balaban J connectivity index is 1.51. The topological polar surface area (TPSA) is 57.7 Å². The first-order valence-electron chi connectivity index (χ1n) is 9.42. The Kier molecular flexibility index (Phi) is 4.14. The van der Waals surface area contributed by atoms with Gasteiger partial charge in [0.2, 0.25) is 0 Å². The molecule has 1 aliphatic heterocycles. The van der Waals surface area contributed by atoms with Gasteiger partial charge in [-0.1, -0.05) is 66.3 Å². The van der Waals surface area contributed by atoms with E-state index in [1.807, 2.05) is 0 Å². The summed E-state index contributed by atoms with van der Waals surface area (Å²) in [5.74, 6) is 0.834. The predicted molar refractivity (Wildman–Crippen MR) is 107 cm³/mol. The molecule has 0 amide bonds. The molecule has 5 nitrogen and oxygen atoms in total. The van der Waals surface area contributed by atoms with E-state index in [9.17, 15) is 0 Å². The number of aromatic amines is 1. The standard InChI is InChI=1S/C22H21N5/c1-3-7-19-16(5-1)9-10-17-6-2-4-8-20(17)22(19)18-11-13-27(14-12-18)15-21-23-25-26-24-21/h1-10H,11-15H2,(H,23,24,25,26). The van der Waals surface area contributed by atoms with E-state index in [4.69, 9.17) is 0 Å². The lowest BCUT2D eigenvalue weighted by molar-refractivity contribution is 0.243. The van der Waals surface area contributed by atoms with Crippen molar-refractivity contribution in [3.8, 4) is 0 Å². The summed E-state index contributed by atoms with van der Waals surface area (Å²) < 4.78 is 0. The molecule has 0 unspecified atom stereocenters. The van der Waals surface area contributed by atoms with Crippen molar-refractivity contribution in [2.75, 3.05) is 13.1 Å². The molecular formula is C22H21N5. The first kappa shape index (κ1) is 16.1. The van der Waals surface area contributed by atoms with Crippen molar-refractivity contribution < 1.29 is 0 Å². The van der Waals surface area contributed by atoms with Crippen LogP contribution < -0.4 is 0 Å². The summed E-state index contributed by atoms with van der Waals surface area (Å²) in [6, 6.07) is 17.5. The van der Waals surface area contributed by atoms with E-state index in [1.54, 1.807) is 5.57 Å². The van der Waals surface area contributed by atoms with Crippen LogP contribution in [-0.4, -0.2) is 38.6 Å². The lowest BCUT2D eigenvalue weighted by Gasteiger charge is -2.29. The second kappa shape index (κ2) is 6.93. The number of nitrogens with zero attached hydrogens (tertiary/aromatic N) is 4. The minimum absolute atomic E-state index is 0.782. The number of hydrogen-bond donors (Lipinski definition) is 1. The van der Waals surface area contributed by atoms with Crippen LogP contribution in [0, 0.1) is 0 Å². The summed E-state index contributed by atoms with van der Waals surface area (Å²) in [5, 5.41) is 14.2. The van der Waals surface area contributed by atoms with Gasteiger partial charge in [0.05, 0.1) is 6.54 Å². The lowest BCUT2D eigenvalue weighted by atomic mass is 9.86. The Morgan fingerprint density at radius 2 is 1.48 bits per heavy atom. The number of aromatic nitrogens is 4. The van der Waals surface area contributed by atoms with E-state index >= 15 is 0 Å². The van der Waals surface area contributed by atoms with E-state index in [1.165, 1.54) is 27.8 Å². The van der Waals surface area contributed by atoms with Gasteiger partial charge in [0.1, 0.15) is 0 Å². The molecule has 1 N–H and O–H groups in total. The van der Waals surface area contributed by atoms with Gasteiger partial charge < -0.3 is 0 Å². The molecule has 5 rings (SSSR count). The Morgan fingerprint density at radius 1 is 0.852 bits per heavy atom. The SMILES string of the molecule is C1=Cc2ccccc2C(=C2CCN(Cc3nnn[nH]3)CC2)c2ccccc21. The zero-order valence-corrected chi connectivity index (χ0v) is 15.1. The number of fused-ring (bicyclic) bond motifs is 2. The average molecular weight is 355 g/mol. The van der Waals surface area contributed by atoms with E-state index in [2.05, 4.69) is 86.2 Å². The molecule has 1 fully saturated rings. The highest BCUT2D eigenvalue weighted by atomic mass is 15.5. The number of rotatable bonds is 2. The molecule has 0 radical (unpaired) electrons. The van der Waals surface area contributed by atoms with Gasteiger partial charge in [0, 0.05) is 13.1 Å². The molecule has 1 saturated heterocycles. The van der Waals surface area contributed by atoms with Gasteiger partial charge >= 0.3 is 0 Å². The van der Waals surface area contributed by atoms with Crippen LogP contribution in [0.4, 0.5) is 0 Å².